The second-order valence-electron chi connectivity index (χ2n) is 2.04. The van der Waals surface area contributed by atoms with Crippen molar-refractivity contribution in [3.63, 3.8) is 0 Å². The van der Waals surface area contributed by atoms with Gasteiger partial charge in [-0.3, -0.25) is 4.79 Å². The molecule has 0 saturated carbocycles. The number of ketones is 1. The van der Waals surface area contributed by atoms with Crippen LogP contribution in [-0.4, -0.2) is 17.5 Å². The van der Waals surface area contributed by atoms with E-state index in [0.29, 0.717) is 5.69 Å². The van der Waals surface area contributed by atoms with Crippen molar-refractivity contribution in [1.82, 2.24) is 5.16 Å². The van der Waals surface area contributed by atoms with Crippen LogP contribution >= 0.6 is 0 Å². The van der Waals surface area contributed by atoms with Crippen LogP contribution in [0.15, 0.2) is 15.8 Å². The van der Waals surface area contributed by atoms with Crippen LogP contribution in [0.5, 0.6) is 0 Å². The molecule has 11 heavy (non-hydrogen) atoms. The van der Waals surface area contributed by atoms with E-state index in [2.05, 4.69) is 14.9 Å². The highest BCUT2D eigenvalue weighted by Crippen LogP contribution is 2.02. The molecule has 5 nitrogen and oxygen atoms in total. The van der Waals surface area contributed by atoms with E-state index in [4.69, 9.17) is 0 Å². The number of rotatable bonds is 3. The topological polar surface area (TPSA) is 72.5 Å². The minimum Gasteiger partial charge on any atom is -0.353 e. The summed E-state index contributed by atoms with van der Waals surface area (Å²) in [6, 6.07) is 1.47. The Morgan fingerprint density at radius 1 is 1.82 bits per heavy atom. The van der Waals surface area contributed by atoms with Crippen molar-refractivity contribution >= 4 is 5.78 Å². The molecule has 0 atom stereocenters. The lowest BCUT2D eigenvalue weighted by Crippen LogP contribution is -2.00. The van der Waals surface area contributed by atoms with Crippen LogP contribution in [0.25, 0.3) is 0 Å². The van der Waals surface area contributed by atoms with Gasteiger partial charge in [-0.05, 0) is 6.92 Å². The van der Waals surface area contributed by atoms with Gasteiger partial charge in [-0.2, -0.15) is 4.91 Å². The SMILES string of the molecule is Cc1cc(C(=O)CN=O)on1. The predicted molar refractivity (Wildman–Crippen MR) is 36.2 cm³/mol. The van der Waals surface area contributed by atoms with Crippen molar-refractivity contribution in [3.8, 4) is 0 Å². The standard InChI is InChI=1S/C6H6N2O3/c1-4-2-6(11-8-4)5(9)3-7-10/h2H,3H2,1H3. The number of carbonyl (C=O) groups excluding carboxylic acids is 1. The highest BCUT2D eigenvalue weighted by atomic mass is 16.5. The van der Waals surface area contributed by atoms with Crippen molar-refractivity contribution in [2.75, 3.05) is 6.54 Å². The van der Waals surface area contributed by atoms with Gasteiger partial charge in [-0.15, -0.1) is 0 Å². The van der Waals surface area contributed by atoms with Gasteiger partial charge in [0.1, 0.15) is 6.54 Å². The van der Waals surface area contributed by atoms with Gasteiger partial charge in [0.25, 0.3) is 0 Å². The van der Waals surface area contributed by atoms with E-state index in [1.165, 1.54) is 6.07 Å². The van der Waals surface area contributed by atoms with Crippen molar-refractivity contribution in [1.29, 1.82) is 0 Å². The van der Waals surface area contributed by atoms with Gasteiger partial charge in [0.15, 0.2) is 0 Å². The molecule has 0 aliphatic carbocycles. The molecule has 0 N–H and O–H groups in total. The smallest absolute Gasteiger partial charge is 0.225 e. The summed E-state index contributed by atoms with van der Waals surface area (Å²) in [4.78, 5) is 20.5. The van der Waals surface area contributed by atoms with E-state index < -0.39 is 12.3 Å². The van der Waals surface area contributed by atoms with Gasteiger partial charge in [0, 0.05) is 6.07 Å². The van der Waals surface area contributed by atoms with Gasteiger partial charge < -0.3 is 4.52 Å². The zero-order chi connectivity index (χ0) is 8.27. The maximum absolute atomic E-state index is 10.8. The lowest BCUT2D eigenvalue weighted by atomic mass is 10.3. The Kier molecular flexibility index (Phi) is 2.10. The number of hydrogen-bond acceptors (Lipinski definition) is 5. The summed E-state index contributed by atoms with van der Waals surface area (Å²) in [7, 11) is 0. The third-order valence-electron chi connectivity index (χ3n) is 1.11. The van der Waals surface area contributed by atoms with E-state index >= 15 is 0 Å². The van der Waals surface area contributed by atoms with E-state index in [1.807, 2.05) is 0 Å². The lowest BCUT2D eigenvalue weighted by Gasteiger charge is -1.83. The van der Waals surface area contributed by atoms with E-state index in [1.54, 1.807) is 6.92 Å². The molecule has 0 fully saturated rings. The Morgan fingerprint density at radius 2 is 2.55 bits per heavy atom. The van der Waals surface area contributed by atoms with Crippen LogP contribution in [0.1, 0.15) is 16.2 Å². The summed E-state index contributed by atoms with van der Waals surface area (Å²) in [6.07, 6.45) is 0. The molecular weight excluding hydrogens is 148 g/mol. The fourth-order valence-electron chi connectivity index (χ4n) is 0.632. The maximum atomic E-state index is 10.8. The fourth-order valence-corrected chi connectivity index (χ4v) is 0.632. The molecule has 0 unspecified atom stereocenters. The van der Waals surface area contributed by atoms with Crippen LogP contribution in [0.4, 0.5) is 0 Å². The van der Waals surface area contributed by atoms with E-state index in [0.717, 1.165) is 0 Å². The third-order valence-corrected chi connectivity index (χ3v) is 1.11. The number of aromatic nitrogens is 1. The van der Waals surface area contributed by atoms with E-state index in [-0.39, 0.29) is 5.76 Å². The fraction of sp³-hybridized carbons (Fsp3) is 0.333. The summed E-state index contributed by atoms with van der Waals surface area (Å²) in [5.74, 6) is -0.359. The first kappa shape index (κ1) is 7.59. The van der Waals surface area contributed by atoms with Gasteiger partial charge in [-0.1, -0.05) is 10.3 Å². The Morgan fingerprint density at radius 3 is 3.00 bits per heavy atom. The van der Waals surface area contributed by atoms with Gasteiger partial charge in [-0.25, -0.2) is 0 Å². The average Bonchev–Trinajstić information content (AvgIpc) is 2.36. The summed E-state index contributed by atoms with van der Waals surface area (Å²) in [6.45, 7) is 1.29. The number of Topliss-reactive ketones (excluding diaryl/α,β-unsaturated/α-hetero) is 1. The van der Waals surface area contributed by atoms with Crippen LogP contribution in [0, 0.1) is 11.8 Å². The van der Waals surface area contributed by atoms with Crippen LogP contribution in [-0.2, 0) is 0 Å². The van der Waals surface area contributed by atoms with Crippen LogP contribution in [0.3, 0.4) is 0 Å². The minimum atomic E-state index is -0.444. The van der Waals surface area contributed by atoms with Gasteiger partial charge in [0.2, 0.25) is 11.5 Å². The summed E-state index contributed by atoms with van der Waals surface area (Å²) >= 11 is 0. The van der Waals surface area contributed by atoms with Crippen molar-refractivity contribution in [3.05, 3.63) is 22.4 Å². The largest absolute Gasteiger partial charge is 0.353 e. The number of carbonyl (C=O) groups is 1. The molecule has 0 aromatic carbocycles. The molecule has 1 aromatic rings. The van der Waals surface area contributed by atoms with E-state index in [9.17, 15) is 9.70 Å². The first-order valence-electron chi connectivity index (χ1n) is 2.99. The molecule has 58 valence electrons. The molecule has 1 aromatic heterocycles. The highest BCUT2D eigenvalue weighted by Gasteiger charge is 2.10. The molecule has 1 heterocycles. The molecular formula is C6H6N2O3. The van der Waals surface area contributed by atoms with Gasteiger partial charge >= 0.3 is 0 Å². The average molecular weight is 154 g/mol. The molecule has 0 saturated heterocycles. The molecule has 0 radical (unpaired) electrons. The number of hydrogen-bond donors (Lipinski definition) is 0. The molecule has 0 bridgehead atoms. The molecule has 5 heteroatoms. The lowest BCUT2D eigenvalue weighted by molar-refractivity contribution is 0.0966. The molecule has 0 spiro atoms. The Bertz CT molecular complexity index is 279. The predicted octanol–water partition coefficient (Wildman–Crippen LogP) is 0.932. The first-order valence-corrected chi connectivity index (χ1v) is 2.99. The van der Waals surface area contributed by atoms with Crippen LogP contribution in [0.2, 0.25) is 0 Å². The third kappa shape index (κ3) is 1.70. The molecule has 0 amide bonds. The Balaban J connectivity index is 2.76. The summed E-state index contributed by atoms with van der Waals surface area (Å²) in [5.41, 5.74) is 0.610. The highest BCUT2D eigenvalue weighted by molar-refractivity contribution is 5.95. The van der Waals surface area contributed by atoms with Crippen molar-refractivity contribution in [2.45, 2.75) is 6.92 Å². The minimum absolute atomic E-state index is 0.0853. The zero-order valence-corrected chi connectivity index (χ0v) is 5.90. The maximum Gasteiger partial charge on any atom is 0.225 e. The van der Waals surface area contributed by atoms with Crippen molar-refractivity contribution in [2.24, 2.45) is 5.18 Å². The monoisotopic (exact) mass is 154 g/mol. The molecule has 0 aliphatic heterocycles. The van der Waals surface area contributed by atoms with Gasteiger partial charge in [0.05, 0.1) is 5.69 Å². The quantitative estimate of drug-likeness (QED) is 0.479. The second kappa shape index (κ2) is 3.05. The second-order valence-corrected chi connectivity index (χ2v) is 2.04. The summed E-state index contributed by atoms with van der Waals surface area (Å²) < 4.78 is 4.58. The number of nitroso groups, excluding NO2 is 1. The Labute approximate surface area is 62.3 Å². The first-order chi connectivity index (χ1) is 5.24. The number of aryl methyl sites for hydroxylation is 1. The summed E-state index contributed by atoms with van der Waals surface area (Å²) in [5, 5.41) is 5.91. The number of nitrogens with zero attached hydrogens (tertiary/aromatic N) is 2. The van der Waals surface area contributed by atoms with Crippen molar-refractivity contribution < 1.29 is 9.32 Å². The molecule has 0 aliphatic rings. The normalized spacial score (nSPS) is 9.55. The zero-order valence-electron chi connectivity index (χ0n) is 5.90. The van der Waals surface area contributed by atoms with Crippen LogP contribution < -0.4 is 0 Å². The Hall–Kier alpha value is -1.52. The molecule has 1 rings (SSSR count).